The molecule has 0 bridgehead atoms. The maximum absolute atomic E-state index is 14.1. The second-order valence-electron chi connectivity index (χ2n) is 11.3. The van der Waals surface area contributed by atoms with Gasteiger partial charge in [-0.3, -0.25) is 4.79 Å². The quantitative estimate of drug-likeness (QED) is 0.342. The molecule has 1 atom stereocenters. The van der Waals surface area contributed by atoms with Gasteiger partial charge in [-0.1, -0.05) is 0 Å². The highest BCUT2D eigenvalue weighted by atomic mass is 32.2. The lowest BCUT2D eigenvalue weighted by Crippen LogP contribution is -2.49. The summed E-state index contributed by atoms with van der Waals surface area (Å²) >= 11 is 2.62. The number of piperazine rings is 1. The first-order chi connectivity index (χ1) is 19.7. The van der Waals surface area contributed by atoms with Crippen molar-refractivity contribution < 1.29 is 18.0 Å². The number of thioether (sulfide) groups is 1. The third-order valence-electron chi connectivity index (χ3n) is 8.09. The second kappa shape index (κ2) is 10.5. The van der Waals surface area contributed by atoms with Gasteiger partial charge < -0.3 is 20.4 Å². The van der Waals surface area contributed by atoms with Gasteiger partial charge in [0.1, 0.15) is 10.4 Å². The van der Waals surface area contributed by atoms with Crippen LogP contribution in [-0.2, 0) is 6.18 Å². The second-order valence-corrected chi connectivity index (χ2v) is 13.5. The molecular weight excluding hydrogens is 569 g/mol. The minimum absolute atomic E-state index is 0.0854. The largest absolute Gasteiger partial charge is 0.420 e. The molecule has 7 rings (SSSR count). The first-order valence-electron chi connectivity index (χ1n) is 14.2. The summed E-state index contributed by atoms with van der Waals surface area (Å²) < 4.78 is 42.4. The van der Waals surface area contributed by atoms with E-state index in [1.54, 1.807) is 6.07 Å². The van der Waals surface area contributed by atoms with Gasteiger partial charge in [0.25, 0.3) is 5.91 Å². The predicted molar refractivity (Wildman–Crippen MR) is 157 cm³/mol. The molecule has 7 nitrogen and oxygen atoms in total. The number of halogens is 3. The Morgan fingerprint density at radius 1 is 1.12 bits per heavy atom. The third-order valence-corrected chi connectivity index (χ3v) is 10.4. The highest BCUT2D eigenvalue weighted by Gasteiger charge is 2.39. The highest BCUT2D eigenvalue weighted by Crippen LogP contribution is 2.47. The number of carbonyl (C=O) groups excluding carboxylic acids is 1. The molecule has 3 aromatic rings. The van der Waals surface area contributed by atoms with Gasteiger partial charge in [-0.15, -0.1) is 23.1 Å². The van der Waals surface area contributed by atoms with Crippen molar-refractivity contribution in [1.29, 1.82) is 0 Å². The zero-order valence-corrected chi connectivity index (χ0v) is 24.3. The molecule has 2 aliphatic carbocycles. The number of alkyl halides is 3. The number of carbonyl (C=O) groups is 1. The van der Waals surface area contributed by atoms with Crippen LogP contribution in [0.3, 0.4) is 0 Å². The Bertz CT molecular complexity index is 1490. The zero-order chi connectivity index (χ0) is 28.3. The Labute approximate surface area is 244 Å². The maximum Gasteiger partial charge on any atom is 0.420 e. The SMILES string of the molecule is C[C@@H]1CN(c2ccc(Nc3ncc(C(F)(F)F)c(-c4cc5c(s4)C(=O)N(C4CC4)CCS5)n3)c(C3CC3)c2)CCN1. The molecule has 41 heavy (non-hydrogen) atoms. The fourth-order valence-electron chi connectivity index (χ4n) is 5.69. The van der Waals surface area contributed by atoms with Gasteiger partial charge in [-0.25, -0.2) is 9.97 Å². The monoisotopic (exact) mass is 600 g/mol. The number of hydrogen-bond donors (Lipinski definition) is 2. The molecule has 12 heteroatoms. The van der Waals surface area contributed by atoms with Crippen molar-refractivity contribution in [3.8, 4) is 10.6 Å². The number of thiophene rings is 1. The van der Waals surface area contributed by atoms with Crippen molar-refractivity contribution in [1.82, 2.24) is 20.2 Å². The van der Waals surface area contributed by atoms with E-state index in [9.17, 15) is 18.0 Å². The molecule has 4 heterocycles. The number of fused-ring (bicyclic) bond motifs is 1. The molecule has 1 saturated heterocycles. The number of amides is 1. The standard InChI is InChI=1S/C29H31F3N6OS2/c1-16-15-37(9-8-33-16)19-6-7-22(20(12-19)17-2-3-17)35-28-34-14-21(29(30,31)32)25(36-28)23-13-24-26(41-23)27(39)38(10-11-40-24)18-4-5-18/h6-7,12-14,16-18,33H,2-5,8-11,15H2,1H3,(H,34,35,36)/t16-/m1/s1. The van der Waals surface area contributed by atoms with Crippen LogP contribution in [0.1, 0.15) is 59.3 Å². The molecule has 2 aromatic heterocycles. The van der Waals surface area contributed by atoms with Gasteiger partial charge in [0, 0.05) is 66.5 Å². The smallest absolute Gasteiger partial charge is 0.369 e. The summed E-state index contributed by atoms with van der Waals surface area (Å²) in [5.74, 6) is 1.16. The van der Waals surface area contributed by atoms with Crippen molar-refractivity contribution in [2.24, 2.45) is 0 Å². The first kappa shape index (κ1) is 27.0. The van der Waals surface area contributed by atoms with Crippen LogP contribution in [0, 0.1) is 0 Å². The molecule has 216 valence electrons. The van der Waals surface area contributed by atoms with Crippen LogP contribution in [0.5, 0.6) is 0 Å². The number of nitrogens with zero attached hydrogens (tertiary/aromatic N) is 4. The Morgan fingerprint density at radius 2 is 1.95 bits per heavy atom. The van der Waals surface area contributed by atoms with E-state index in [1.807, 2.05) is 11.0 Å². The summed E-state index contributed by atoms with van der Waals surface area (Å²) in [6.45, 7) is 5.61. The number of hydrogen-bond acceptors (Lipinski definition) is 8. The summed E-state index contributed by atoms with van der Waals surface area (Å²) in [7, 11) is 0. The van der Waals surface area contributed by atoms with Crippen molar-refractivity contribution in [2.75, 3.05) is 42.1 Å². The average molecular weight is 601 g/mol. The summed E-state index contributed by atoms with van der Waals surface area (Å²) in [5.41, 5.74) is 2.02. The molecule has 2 aliphatic heterocycles. The van der Waals surface area contributed by atoms with Crippen molar-refractivity contribution in [3.05, 3.63) is 46.5 Å². The molecule has 2 saturated carbocycles. The van der Waals surface area contributed by atoms with Gasteiger partial charge in [0.05, 0.1) is 10.6 Å². The Balaban J connectivity index is 1.22. The fourth-order valence-corrected chi connectivity index (χ4v) is 8.00. The molecule has 1 amide bonds. The molecule has 0 unspecified atom stereocenters. The van der Waals surface area contributed by atoms with Crippen molar-refractivity contribution in [3.63, 3.8) is 0 Å². The Kier molecular flexibility index (Phi) is 6.90. The van der Waals surface area contributed by atoms with E-state index < -0.39 is 11.7 Å². The van der Waals surface area contributed by atoms with Crippen molar-refractivity contribution >= 4 is 46.3 Å². The van der Waals surface area contributed by atoms with Gasteiger partial charge in [0.15, 0.2) is 0 Å². The van der Waals surface area contributed by atoms with E-state index in [4.69, 9.17) is 0 Å². The van der Waals surface area contributed by atoms with Gasteiger partial charge in [-0.2, -0.15) is 13.2 Å². The summed E-state index contributed by atoms with van der Waals surface area (Å²) in [5, 5.41) is 6.70. The van der Waals surface area contributed by atoms with E-state index in [1.165, 1.54) is 11.8 Å². The normalized spacial score (nSPS) is 21.6. The van der Waals surface area contributed by atoms with Crippen LogP contribution in [0.4, 0.5) is 30.5 Å². The molecule has 4 aliphatic rings. The van der Waals surface area contributed by atoms with Gasteiger partial charge in [-0.05, 0) is 68.4 Å². The average Bonchev–Trinajstić information content (AvgIpc) is 3.88. The summed E-state index contributed by atoms with van der Waals surface area (Å²) in [6, 6.07) is 8.60. The topological polar surface area (TPSA) is 73.4 Å². The third kappa shape index (κ3) is 5.53. The van der Waals surface area contributed by atoms with Crippen LogP contribution in [-0.4, -0.2) is 64.8 Å². The Morgan fingerprint density at radius 3 is 2.68 bits per heavy atom. The number of aromatic nitrogens is 2. The maximum atomic E-state index is 14.1. The minimum atomic E-state index is -4.63. The lowest BCUT2D eigenvalue weighted by Gasteiger charge is -2.34. The van der Waals surface area contributed by atoms with Crippen LogP contribution < -0.4 is 15.5 Å². The minimum Gasteiger partial charge on any atom is -0.369 e. The van der Waals surface area contributed by atoms with Crippen LogP contribution >= 0.6 is 23.1 Å². The molecular formula is C29H31F3N6OS2. The molecule has 2 N–H and O–H groups in total. The number of rotatable bonds is 6. The number of benzene rings is 1. The zero-order valence-electron chi connectivity index (χ0n) is 22.6. The lowest BCUT2D eigenvalue weighted by molar-refractivity contribution is -0.137. The number of anilines is 3. The van der Waals surface area contributed by atoms with Crippen LogP contribution in [0.15, 0.2) is 35.4 Å². The Hall–Kier alpha value is -2.83. The van der Waals surface area contributed by atoms with E-state index >= 15 is 0 Å². The highest BCUT2D eigenvalue weighted by molar-refractivity contribution is 7.99. The van der Waals surface area contributed by atoms with Gasteiger partial charge >= 0.3 is 6.18 Å². The van der Waals surface area contributed by atoms with Crippen molar-refractivity contribution in [2.45, 2.75) is 61.7 Å². The van der Waals surface area contributed by atoms with E-state index in [-0.39, 0.29) is 23.6 Å². The van der Waals surface area contributed by atoms with E-state index in [2.05, 4.69) is 44.6 Å². The summed E-state index contributed by atoms with van der Waals surface area (Å²) in [4.78, 5) is 27.6. The first-order valence-corrected chi connectivity index (χ1v) is 16.0. The van der Waals surface area contributed by atoms with Crippen LogP contribution in [0.2, 0.25) is 0 Å². The predicted octanol–water partition coefficient (Wildman–Crippen LogP) is 6.35. The molecule has 0 radical (unpaired) electrons. The molecule has 3 fully saturated rings. The summed E-state index contributed by atoms with van der Waals surface area (Å²) in [6.07, 6.45) is 0.365. The van der Waals surface area contributed by atoms with Gasteiger partial charge in [0.2, 0.25) is 5.95 Å². The van der Waals surface area contributed by atoms with E-state index in [0.29, 0.717) is 28.3 Å². The number of nitrogens with one attached hydrogen (secondary N) is 2. The molecule has 1 aromatic carbocycles. The van der Waals surface area contributed by atoms with E-state index in [0.717, 1.165) is 90.4 Å². The molecule has 0 spiro atoms. The van der Waals surface area contributed by atoms with Crippen LogP contribution in [0.25, 0.3) is 10.6 Å². The lowest BCUT2D eigenvalue weighted by atomic mass is 10.1. The fraction of sp³-hybridized carbons (Fsp3) is 0.483.